The smallest absolute Gasteiger partial charge is 0.342 e. The molecule has 1 heterocycles. The summed E-state index contributed by atoms with van der Waals surface area (Å²) in [5.41, 5.74) is -0.0634. The van der Waals surface area contributed by atoms with Crippen LogP contribution in [0.5, 0.6) is 5.88 Å². The van der Waals surface area contributed by atoms with E-state index in [1.54, 1.807) is 0 Å². The summed E-state index contributed by atoms with van der Waals surface area (Å²) in [4.78, 5) is 10.5. The summed E-state index contributed by atoms with van der Waals surface area (Å²) in [6.45, 7) is -0.371. The summed E-state index contributed by atoms with van der Waals surface area (Å²) in [5, 5.41) is 20.8. The Kier molecular flexibility index (Phi) is 2.29. The Morgan fingerprint density at radius 1 is 1.83 bits per heavy atom. The van der Waals surface area contributed by atoms with Crippen molar-refractivity contribution in [1.29, 1.82) is 0 Å². The molecule has 0 aliphatic rings. The van der Waals surface area contributed by atoms with Crippen LogP contribution in [0, 0.1) is 0 Å². The van der Waals surface area contributed by atoms with Crippen LogP contribution in [0.1, 0.15) is 10.4 Å². The highest BCUT2D eigenvalue weighted by Crippen LogP contribution is 2.14. The van der Waals surface area contributed by atoms with Crippen molar-refractivity contribution < 1.29 is 19.7 Å². The monoisotopic (exact) mass is 172 g/mol. The van der Waals surface area contributed by atoms with Gasteiger partial charge in [-0.25, -0.2) is 9.48 Å². The Balaban J connectivity index is 3.08. The van der Waals surface area contributed by atoms with E-state index in [-0.39, 0.29) is 18.2 Å². The van der Waals surface area contributed by atoms with Gasteiger partial charge in [0.2, 0.25) is 5.88 Å². The van der Waals surface area contributed by atoms with E-state index in [0.29, 0.717) is 0 Å². The highest BCUT2D eigenvalue weighted by Gasteiger charge is 2.15. The average Bonchev–Trinajstić information content (AvgIpc) is 2.47. The van der Waals surface area contributed by atoms with Crippen LogP contribution in [0.3, 0.4) is 0 Å². The lowest BCUT2D eigenvalue weighted by molar-refractivity contribution is 0.0693. The molecule has 0 saturated carbocycles. The quantitative estimate of drug-likeness (QED) is 0.644. The van der Waals surface area contributed by atoms with Gasteiger partial charge in [-0.2, -0.15) is 0 Å². The summed E-state index contributed by atoms with van der Waals surface area (Å²) >= 11 is 0. The van der Waals surface area contributed by atoms with E-state index >= 15 is 0 Å². The van der Waals surface area contributed by atoms with Crippen LogP contribution in [0.2, 0.25) is 0 Å². The summed E-state index contributed by atoms with van der Waals surface area (Å²) in [6.07, 6.45) is 1.20. The fraction of sp³-hybridized carbons (Fsp3) is 0.333. The normalized spacial score (nSPS) is 9.83. The maximum absolute atomic E-state index is 10.5. The second kappa shape index (κ2) is 3.22. The number of hydrogen-bond acceptors (Lipinski definition) is 4. The Labute approximate surface area is 68.0 Å². The van der Waals surface area contributed by atoms with Gasteiger partial charge in [0, 0.05) is 6.20 Å². The molecule has 0 fully saturated rings. The third-order valence-corrected chi connectivity index (χ3v) is 1.30. The van der Waals surface area contributed by atoms with Crippen molar-refractivity contribution in [3.05, 3.63) is 11.8 Å². The molecule has 12 heavy (non-hydrogen) atoms. The van der Waals surface area contributed by atoms with Crippen molar-refractivity contribution >= 4 is 5.97 Å². The first kappa shape index (κ1) is 8.54. The molecule has 0 unspecified atom stereocenters. The molecule has 0 amide bonds. The highest BCUT2D eigenvalue weighted by atomic mass is 16.5. The van der Waals surface area contributed by atoms with Gasteiger partial charge in [-0.05, 0) is 0 Å². The molecule has 6 heteroatoms. The number of hydrogen-bond donors (Lipinski definition) is 2. The zero-order valence-electron chi connectivity index (χ0n) is 6.39. The molecule has 2 N–H and O–H groups in total. The number of aliphatic hydroxyl groups is 1. The minimum atomic E-state index is -1.13. The molecule has 0 atom stereocenters. The topological polar surface area (TPSA) is 84.6 Å². The van der Waals surface area contributed by atoms with Crippen LogP contribution < -0.4 is 4.74 Å². The van der Waals surface area contributed by atoms with Crippen LogP contribution in [0.15, 0.2) is 6.20 Å². The summed E-state index contributed by atoms with van der Waals surface area (Å²) in [7, 11) is 1.32. The van der Waals surface area contributed by atoms with Gasteiger partial charge in [-0.3, -0.25) is 0 Å². The van der Waals surface area contributed by atoms with Crippen molar-refractivity contribution in [2.75, 3.05) is 7.11 Å². The van der Waals surface area contributed by atoms with E-state index in [1.165, 1.54) is 13.3 Å². The molecular weight excluding hydrogens is 164 g/mol. The van der Waals surface area contributed by atoms with Crippen molar-refractivity contribution in [3.63, 3.8) is 0 Å². The number of aromatic carboxylic acids is 1. The molecule has 0 spiro atoms. The SMILES string of the molecule is COc1nn(CO)cc1C(=O)O. The zero-order chi connectivity index (χ0) is 9.14. The number of carboxylic acids is 1. The van der Waals surface area contributed by atoms with Gasteiger partial charge in [0.15, 0.2) is 0 Å². The molecule has 0 bridgehead atoms. The van der Waals surface area contributed by atoms with Crippen LogP contribution >= 0.6 is 0 Å². The molecule has 66 valence electrons. The molecule has 1 rings (SSSR count). The van der Waals surface area contributed by atoms with E-state index in [2.05, 4.69) is 9.84 Å². The van der Waals surface area contributed by atoms with Crippen LogP contribution in [0.4, 0.5) is 0 Å². The fourth-order valence-corrected chi connectivity index (χ4v) is 0.774. The van der Waals surface area contributed by atoms with Gasteiger partial charge in [0.05, 0.1) is 7.11 Å². The zero-order valence-corrected chi connectivity index (χ0v) is 6.39. The fourth-order valence-electron chi connectivity index (χ4n) is 0.774. The van der Waals surface area contributed by atoms with Gasteiger partial charge in [-0.1, -0.05) is 0 Å². The largest absolute Gasteiger partial charge is 0.479 e. The Morgan fingerprint density at radius 2 is 2.50 bits per heavy atom. The van der Waals surface area contributed by atoms with E-state index < -0.39 is 5.97 Å². The Morgan fingerprint density at radius 3 is 2.83 bits per heavy atom. The number of ether oxygens (including phenoxy) is 1. The number of aliphatic hydroxyl groups excluding tert-OH is 1. The summed E-state index contributed by atoms with van der Waals surface area (Å²) in [6, 6.07) is 0. The first-order valence-electron chi connectivity index (χ1n) is 3.14. The molecular formula is C6H8N2O4. The van der Waals surface area contributed by atoms with Crippen LogP contribution in [-0.4, -0.2) is 33.1 Å². The molecule has 0 aliphatic heterocycles. The van der Waals surface area contributed by atoms with Crippen LogP contribution in [0.25, 0.3) is 0 Å². The maximum Gasteiger partial charge on any atom is 0.342 e. The lowest BCUT2D eigenvalue weighted by Crippen LogP contribution is -1.97. The Hall–Kier alpha value is -1.56. The molecule has 6 nitrogen and oxygen atoms in total. The van der Waals surface area contributed by atoms with Crippen LogP contribution in [-0.2, 0) is 6.73 Å². The van der Waals surface area contributed by atoms with E-state index in [4.69, 9.17) is 10.2 Å². The molecule has 0 aliphatic carbocycles. The van der Waals surface area contributed by atoms with Gasteiger partial charge in [0.1, 0.15) is 12.3 Å². The Bertz CT molecular complexity index is 294. The minimum absolute atomic E-state index is 0.00319. The first-order chi connectivity index (χ1) is 5.69. The lowest BCUT2D eigenvalue weighted by Gasteiger charge is -1.93. The van der Waals surface area contributed by atoms with Crippen molar-refractivity contribution in [2.24, 2.45) is 0 Å². The highest BCUT2D eigenvalue weighted by molar-refractivity contribution is 5.89. The molecule has 1 aromatic heterocycles. The van der Waals surface area contributed by atoms with Gasteiger partial charge < -0.3 is 14.9 Å². The predicted molar refractivity (Wildman–Crippen MR) is 38.0 cm³/mol. The molecule has 1 aromatic rings. The second-order valence-electron chi connectivity index (χ2n) is 2.04. The van der Waals surface area contributed by atoms with E-state index in [1.807, 2.05) is 0 Å². The molecule has 0 saturated heterocycles. The van der Waals surface area contributed by atoms with Crippen molar-refractivity contribution in [1.82, 2.24) is 9.78 Å². The average molecular weight is 172 g/mol. The summed E-state index contributed by atoms with van der Waals surface area (Å²) < 4.78 is 5.74. The first-order valence-corrected chi connectivity index (χ1v) is 3.14. The van der Waals surface area contributed by atoms with Gasteiger partial charge >= 0.3 is 5.97 Å². The van der Waals surface area contributed by atoms with E-state index in [0.717, 1.165) is 4.68 Å². The van der Waals surface area contributed by atoms with Gasteiger partial charge in [-0.15, -0.1) is 5.10 Å². The number of rotatable bonds is 3. The van der Waals surface area contributed by atoms with Crippen molar-refractivity contribution in [3.8, 4) is 5.88 Å². The molecule has 0 aromatic carbocycles. The summed E-state index contributed by atoms with van der Waals surface area (Å²) in [5.74, 6) is -1.14. The number of carboxylic acid groups (broad SMARTS) is 1. The van der Waals surface area contributed by atoms with E-state index in [9.17, 15) is 4.79 Å². The minimum Gasteiger partial charge on any atom is -0.479 e. The lowest BCUT2D eigenvalue weighted by atomic mass is 10.3. The number of methoxy groups -OCH3 is 1. The third-order valence-electron chi connectivity index (χ3n) is 1.30. The maximum atomic E-state index is 10.5. The standard InChI is InChI=1S/C6H8N2O4/c1-12-5-4(6(10)11)2-8(3-9)7-5/h2,9H,3H2,1H3,(H,10,11). The van der Waals surface area contributed by atoms with Crippen molar-refractivity contribution in [2.45, 2.75) is 6.73 Å². The second-order valence-corrected chi connectivity index (χ2v) is 2.04. The number of nitrogens with zero attached hydrogens (tertiary/aromatic N) is 2. The third kappa shape index (κ3) is 1.37. The van der Waals surface area contributed by atoms with Gasteiger partial charge in [0.25, 0.3) is 0 Å². The molecule has 0 radical (unpaired) electrons. The predicted octanol–water partition coefficient (Wildman–Crippen LogP) is -0.460. The number of aromatic nitrogens is 2. The number of carbonyl (C=O) groups is 1.